The Morgan fingerprint density at radius 3 is 1.42 bits per heavy atom. The monoisotopic (exact) mass is 180 g/mol. The van der Waals surface area contributed by atoms with Gasteiger partial charge in [0.05, 0.1) is 0 Å². The highest BCUT2D eigenvalue weighted by Crippen LogP contribution is 2.37. The first-order valence-corrected chi connectivity index (χ1v) is 3.91. The van der Waals surface area contributed by atoms with Crippen LogP contribution in [0, 0.1) is 5.41 Å². The fourth-order valence-corrected chi connectivity index (χ4v) is 1.26. The van der Waals surface area contributed by atoms with Gasteiger partial charge in [0.2, 0.25) is 0 Å². The van der Waals surface area contributed by atoms with Crippen LogP contribution in [0.25, 0.3) is 0 Å². The first kappa shape index (κ1) is 11.8. The third-order valence-electron chi connectivity index (χ3n) is 1.80. The number of nitrogens with two attached hydrogens (primary N) is 2. The molecule has 0 aromatic carbocycles. The zero-order valence-electron chi connectivity index (χ0n) is 8.12. The van der Waals surface area contributed by atoms with Gasteiger partial charge < -0.3 is 5.73 Å². The maximum atomic E-state index is 12.8. The van der Waals surface area contributed by atoms with E-state index >= 15 is 0 Å². The molecule has 74 valence electrons. The molecule has 0 amide bonds. The fraction of sp³-hybridized carbons (Fsp3) is 1.00. The Balaban J connectivity index is 4.44. The third-order valence-corrected chi connectivity index (χ3v) is 1.80. The van der Waals surface area contributed by atoms with E-state index in [1.54, 1.807) is 13.8 Å². The maximum Gasteiger partial charge on any atom is 0.305 e. The molecule has 0 heterocycles. The summed E-state index contributed by atoms with van der Waals surface area (Å²) in [5, 5.41) is 0. The van der Waals surface area contributed by atoms with Gasteiger partial charge >= 0.3 is 6.05 Å². The van der Waals surface area contributed by atoms with Gasteiger partial charge in [-0.3, -0.25) is 5.73 Å². The number of hydrogen-bond donors (Lipinski definition) is 2. The number of alkyl halides is 2. The molecule has 0 radical (unpaired) electrons. The van der Waals surface area contributed by atoms with E-state index in [9.17, 15) is 8.78 Å². The normalized spacial score (nSPS) is 15.0. The van der Waals surface area contributed by atoms with E-state index in [4.69, 9.17) is 11.5 Å². The third kappa shape index (κ3) is 3.45. The smallest absolute Gasteiger partial charge is 0.305 e. The molecule has 0 rings (SSSR count). The van der Waals surface area contributed by atoms with Gasteiger partial charge in [0.1, 0.15) is 0 Å². The van der Waals surface area contributed by atoms with Crippen LogP contribution in [0.3, 0.4) is 0 Å². The summed E-state index contributed by atoms with van der Waals surface area (Å²) in [6.07, 6.45) is 0.184. The summed E-state index contributed by atoms with van der Waals surface area (Å²) in [6, 6.07) is -3.18. The summed E-state index contributed by atoms with van der Waals surface area (Å²) >= 11 is 0. The van der Waals surface area contributed by atoms with E-state index in [1.165, 1.54) is 13.8 Å². The number of halogens is 2. The van der Waals surface area contributed by atoms with E-state index in [-0.39, 0.29) is 6.42 Å². The van der Waals surface area contributed by atoms with Crippen LogP contribution in [0.5, 0.6) is 0 Å². The quantitative estimate of drug-likeness (QED) is 0.649. The van der Waals surface area contributed by atoms with Crippen LogP contribution in [0.2, 0.25) is 0 Å². The Bertz CT molecular complexity index is 153. The molecule has 0 aliphatic carbocycles. The predicted octanol–water partition coefficient (Wildman–Crippen LogP) is 1.69. The molecule has 0 atom stereocenters. The van der Waals surface area contributed by atoms with Crippen LogP contribution >= 0.6 is 0 Å². The van der Waals surface area contributed by atoms with Crippen molar-refractivity contribution in [2.45, 2.75) is 45.7 Å². The lowest BCUT2D eigenvalue weighted by Gasteiger charge is -2.36. The summed E-state index contributed by atoms with van der Waals surface area (Å²) in [5.41, 5.74) is 8.48. The van der Waals surface area contributed by atoms with Crippen LogP contribution in [0.15, 0.2) is 0 Å². The molecule has 2 nitrogen and oxygen atoms in total. The van der Waals surface area contributed by atoms with Crippen LogP contribution in [-0.2, 0) is 0 Å². The largest absolute Gasteiger partial charge is 0.326 e. The number of hydrogen-bond acceptors (Lipinski definition) is 2. The van der Waals surface area contributed by atoms with Gasteiger partial charge in [-0.15, -0.1) is 0 Å². The topological polar surface area (TPSA) is 52.0 Å². The summed E-state index contributed by atoms with van der Waals surface area (Å²) < 4.78 is 25.5. The fourth-order valence-electron chi connectivity index (χ4n) is 1.26. The molecule has 12 heavy (non-hydrogen) atoms. The van der Waals surface area contributed by atoms with Crippen molar-refractivity contribution in [2.75, 3.05) is 0 Å². The Morgan fingerprint density at radius 1 is 1.00 bits per heavy atom. The molecule has 0 fully saturated rings. The van der Waals surface area contributed by atoms with E-state index in [0.717, 1.165) is 0 Å². The van der Waals surface area contributed by atoms with Crippen molar-refractivity contribution in [3.05, 3.63) is 0 Å². The molecule has 0 saturated heterocycles. The Kier molecular flexibility index (Phi) is 2.87. The zero-order valence-corrected chi connectivity index (χ0v) is 8.12. The van der Waals surface area contributed by atoms with Gasteiger partial charge in [0.25, 0.3) is 0 Å². The van der Waals surface area contributed by atoms with Gasteiger partial charge in [-0.1, -0.05) is 13.8 Å². The van der Waals surface area contributed by atoms with Gasteiger partial charge in [0, 0.05) is 11.0 Å². The molecule has 0 spiro atoms. The zero-order chi connectivity index (χ0) is 10.2. The summed E-state index contributed by atoms with van der Waals surface area (Å²) in [4.78, 5) is 0. The van der Waals surface area contributed by atoms with Crippen molar-refractivity contribution in [3.63, 3.8) is 0 Å². The molecule has 4 N–H and O–H groups in total. The summed E-state index contributed by atoms with van der Waals surface area (Å²) in [7, 11) is 0. The molecule has 0 bridgehead atoms. The highest BCUT2D eigenvalue weighted by molar-refractivity contribution is 4.88. The van der Waals surface area contributed by atoms with Gasteiger partial charge in [-0.25, -0.2) is 0 Å². The summed E-state index contributed by atoms with van der Waals surface area (Å²) in [5.74, 6) is 0. The minimum atomic E-state index is -3.18. The van der Waals surface area contributed by atoms with Gasteiger partial charge in [-0.05, 0) is 20.3 Å². The molecule has 0 aromatic rings. The summed E-state index contributed by atoms with van der Waals surface area (Å²) in [6.45, 7) is 6.25. The Hall–Kier alpha value is -0.220. The second-order valence-electron chi connectivity index (χ2n) is 4.67. The molecule has 0 saturated carbocycles. The van der Waals surface area contributed by atoms with E-state index < -0.39 is 17.0 Å². The molecule has 0 aliphatic heterocycles. The van der Waals surface area contributed by atoms with Crippen molar-refractivity contribution in [1.82, 2.24) is 0 Å². The average molecular weight is 180 g/mol. The average Bonchev–Trinajstić information content (AvgIpc) is 1.52. The van der Waals surface area contributed by atoms with Crippen LogP contribution in [0.4, 0.5) is 8.78 Å². The second kappa shape index (κ2) is 2.92. The van der Waals surface area contributed by atoms with Crippen molar-refractivity contribution in [2.24, 2.45) is 16.9 Å². The lowest BCUT2D eigenvalue weighted by molar-refractivity contribution is -0.110. The molecular weight excluding hydrogens is 162 g/mol. The van der Waals surface area contributed by atoms with Crippen molar-refractivity contribution < 1.29 is 8.78 Å². The predicted molar refractivity (Wildman–Crippen MR) is 45.8 cm³/mol. The van der Waals surface area contributed by atoms with Crippen LogP contribution in [0.1, 0.15) is 34.1 Å². The SMILES string of the molecule is CC(C)(N)CC(C)(C)C(N)(F)F. The number of rotatable bonds is 3. The molecule has 0 unspecified atom stereocenters. The Labute approximate surface area is 72.3 Å². The molecular formula is C8H18F2N2. The van der Waals surface area contributed by atoms with Gasteiger partial charge in [-0.2, -0.15) is 8.78 Å². The highest BCUT2D eigenvalue weighted by Gasteiger charge is 2.45. The van der Waals surface area contributed by atoms with Crippen molar-refractivity contribution in [1.29, 1.82) is 0 Å². The molecule has 4 heteroatoms. The first-order valence-electron chi connectivity index (χ1n) is 3.91. The second-order valence-corrected chi connectivity index (χ2v) is 4.67. The van der Waals surface area contributed by atoms with Gasteiger partial charge in [0.15, 0.2) is 0 Å². The van der Waals surface area contributed by atoms with Crippen LogP contribution < -0.4 is 11.5 Å². The minimum absolute atomic E-state index is 0.184. The minimum Gasteiger partial charge on any atom is -0.326 e. The highest BCUT2D eigenvalue weighted by atomic mass is 19.3. The first-order chi connectivity index (χ1) is 4.96. The van der Waals surface area contributed by atoms with Crippen molar-refractivity contribution >= 4 is 0 Å². The standard InChI is InChI=1S/C8H18F2N2/c1-6(2,8(9,10)12)5-7(3,4)11/h5,11-12H2,1-4H3. The van der Waals surface area contributed by atoms with Crippen LogP contribution in [-0.4, -0.2) is 11.6 Å². The Morgan fingerprint density at radius 2 is 1.33 bits per heavy atom. The van der Waals surface area contributed by atoms with E-state index in [2.05, 4.69) is 0 Å². The van der Waals surface area contributed by atoms with Crippen molar-refractivity contribution in [3.8, 4) is 0 Å². The molecule has 0 aliphatic rings. The maximum absolute atomic E-state index is 12.8. The lowest BCUT2D eigenvalue weighted by Crippen LogP contribution is -2.50. The molecule has 0 aromatic heterocycles. The lowest BCUT2D eigenvalue weighted by atomic mass is 9.79. The van der Waals surface area contributed by atoms with E-state index in [1.807, 2.05) is 0 Å². The van der Waals surface area contributed by atoms with E-state index in [0.29, 0.717) is 0 Å².